The van der Waals surface area contributed by atoms with Gasteiger partial charge in [-0.05, 0) is 18.4 Å². The molecule has 0 aliphatic heterocycles. The molecule has 19 heavy (non-hydrogen) atoms. The van der Waals surface area contributed by atoms with Crippen LogP contribution in [-0.4, -0.2) is 6.21 Å². The van der Waals surface area contributed by atoms with Crippen molar-refractivity contribution in [2.24, 2.45) is 5.73 Å². The van der Waals surface area contributed by atoms with Gasteiger partial charge in [0.25, 0.3) is 0 Å². The summed E-state index contributed by atoms with van der Waals surface area (Å²) in [6.07, 6.45) is 31.0. The second-order valence-corrected chi connectivity index (χ2v) is 3.25. The lowest BCUT2D eigenvalue weighted by molar-refractivity contribution is 1.58. The Hall–Kier alpha value is -2.61. The number of hydrogen-bond acceptors (Lipinski definition) is 2. The maximum absolute atomic E-state index is 6.78. The molecule has 0 fully saturated rings. The average Bonchev–Trinajstić information content (AvgIpc) is 2.43. The fourth-order valence-corrected chi connectivity index (χ4v) is 0.954. The lowest BCUT2D eigenvalue weighted by Gasteiger charge is -1.75. The van der Waals surface area contributed by atoms with E-state index in [-0.39, 0.29) is 0 Å². The third-order valence-corrected chi connectivity index (χ3v) is 1.76. The SMILES string of the molecule is N=C/C=C/C=C/C=C/C=C/C=C/C=C/C=C/C=C/N. The molecule has 3 N–H and O–H groups in total. The highest BCUT2D eigenvalue weighted by atomic mass is 14.5. The summed E-state index contributed by atoms with van der Waals surface area (Å²) < 4.78 is 0. The van der Waals surface area contributed by atoms with Crippen molar-refractivity contribution in [2.75, 3.05) is 0 Å². The molecule has 98 valence electrons. The first-order valence-corrected chi connectivity index (χ1v) is 5.96. The Morgan fingerprint density at radius 2 is 0.684 bits per heavy atom. The van der Waals surface area contributed by atoms with Crippen LogP contribution in [0.1, 0.15) is 0 Å². The second kappa shape index (κ2) is 15.4. The standard InChI is InChI=1S/C17H20N2/c18-16-14-12-10-8-6-4-2-1-3-5-7-9-11-13-15-17-19/h1-18H,19H2/b2-1+,5-3+,6-4+,9-7+,10-8+,13-11+,14-12+,17-15+,18-16?. The molecule has 0 aromatic rings. The van der Waals surface area contributed by atoms with Gasteiger partial charge in [-0.1, -0.05) is 79.0 Å². The van der Waals surface area contributed by atoms with E-state index >= 15 is 0 Å². The summed E-state index contributed by atoms with van der Waals surface area (Å²) in [6, 6.07) is 0. The highest BCUT2D eigenvalue weighted by Crippen LogP contribution is 1.85. The van der Waals surface area contributed by atoms with E-state index < -0.39 is 0 Å². The molecule has 0 unspecified atom stereocenters. The van der Waals surface area contributed by atoms with Crippen molar-refractivity contribution < 1.29 is 0 Å². The van der Waals surface area contributed by atoms with Gasteiger partial charge in [-0.3, -0.25) is 0 Å². The minimum atomic E-state index is 1.24. The normalized spacial score (nSPS) is 14.1. The monoisotopic (exact) mass is 252 g/mol. The van der Waals surface area contributed by atoms with Gasteiger partial charge in [0.2, 0.25) is 0 Å². The smallest absolute Gasteiger partial charge is 0.0177 e. The molecular formula is C17H20N2. The molecule has 0 radical (unpaired) electrons. The molecule has 0 aromatic heterocycles. The van der Waals surface area contributed by atoms with Crippen molar-refractivity contribution in [3.8, 4) is 0 Å². The zero-order valence-electron chi connectivity index (χ0n) is 10.9. The van der Waals surface area contributed by atoms with Crippen molar-refractivity contribution in [1.29, 1.82) is 5.41 Å². The van der Waals surface area contributed by atoms with Gasteiger partial charge >= 0.3 is 0 Å². The number of nitrogens with two attached hydrogens (primary N) is 1. The first kappa shape index (κ1) is 16.4. The van der Waals surface area contributed by atoms with Crippen molar-refractivity contribution in [3.05, 3.63) is 97.3 Å². The van der Waals surface area contributed by atoms with Crippen LogP contribution in [0.5, 0.6) is 0 Å². The maximum Gasteiger partial charge on any atom is 0.0177 e. The van der Waals surface area contributed by atoms with E-state index in [9.17, 15) is 0 Å². The third kappa shape index (κ3) is 15.4. The van der Waals surface area contributed by atoms with Crippen LogP contribution in [0.25, 0.3) is 0 Å². The van der Waals surface area contributed by atoms with Crippen LogP contribution < -0.4 is 5.73 Å². The van der Waals surface area contributed by atoms with E-state index in [1.54, 1.807) is 18.2 Å². The van der Waals surface area contributed by atoms with Crippen molar-refractivity contribution in [3.63, 3.8) is 0 Å². The Morgan fingerprint density at radius 1 is 0.421 bits per heavy atom. The second-order valence-electron chi connectivity index (χ2n) is 3.25. The summed E-state index contributed by atoms with van der Waals surface area (Å²) in [4.78, 5) is 0. The van der Waals surface area contributed by atoms with Crippen LogP contribution in [-0.2, 0) is 0 Å². The Balaban J connectivity index is 3.84. The number of allylic oxidation sites excluding steroid dienone is 15. The van der Waals surface area contributed by atoms with Crippen LogP contribution in [0.15, 0.2) is 97.3 Å². The molecule has 0 atom stereocenters. The van der Waals surface area contributed by atoms with E-state index in [1.807, 2.05) is 72.9 Å². The fraction of sp³-hybridized carbons (Fsp3) is 0. The summed E-state index contributed by atoms with van der Waals surface area (Å²) in [5.74, 6) is 0. The predicted molar refractivity (Wildman–Crippen MR) is 86.1 cm³/mol. The fourth-order valence-electron chi connectivity index (χ4n) is 0.954. The van der Waals surface area contributed by atoms with Gasteiger partial charge in [-0.25, -0.2) is 0 Å². The average molecular weight is 252 g/mol. The van der Waals surface area contributed by atoms with Crippen LogP contribution in [0.4, 0.5) is 0 Å². The number of rotatable bonds is 8. The zero-order valence-corrected chi connectivity index (χ0v) is 10.9. The summed E-state index contributed by atoms with van der Waals surface area (Å²) in [7, 11) is 0. The van der Waals surface area contributed by atoms with Gasteiger partial charge in [0.15, 0.2) is 0 Å². The summed E-state index contributed by atoms with van der Waals surface area (Å²) >= 11 is 0. The molecule has 0 amide bonds. The number of hydrogen-bond donors (Lipinski definition) is 2. The summed E-state index contributed by atoms with van der Waals surface area (Å²) in [6.45, 7) is 0. The van der Waals surface area contributed by atoms with Crippen molar-refractivity contribution >= 4 is 6.21 Å². The Kier molecular flexibility index (Phi) is 13.3. The van der Waals surface area contributed by atoms with E-state index in [2.05, 4.69) is 0 Å². The van der Waals surface area contributed by atoms with Gasteiger partial charge in [-0.2, -0.15) is 0 Å². The molecule has 0 aromatic carbocycles. The highest BCUT2D eigenvalue weighted by Gasteiger charge is 1.64. The molecule has 2 nitrogen and oxygen atoms in total. The molecule has 0 spiro atoms. The topological polar surface area (TPSA) is 49.9 Å². The van der Waals surface area contributed by atoms with E-state index in [4.69, 9.17) is 11.1 Å². The van der Waals surface area contributed by atoms with Crippen molar-refractivity contribution in [2.45, 2.75) is 0 Å². The molecule has 0 saturated carbocycles. The quantitative estimate of drug-likeness (QED) is 0.498. The van der Waals surface area contributed by atoms with Gasteiger partial charge in [0, 0.05) is 6.21 Å². The summed E-state index contributed by atoms with van der Waals surface area (Å²) in [5.41, 5.74) is 5.18. The van der Waals surface area contributed by atoms with Crippen molar-refractivity contribution in [1.82, 2.24) is 0 Å². The molecule has 0 rings (SSSR count). The highest BCUT2D eigenvalue weighted by molar-refractivity contribution is 5.68. The van der Waals surface area contributed by atoms with Crippen LogP contribution in [0.3, 0.4) is 0 Å². The minimum absolute atomic E-state index is 1.24. The molecule has 0 aliphatic rings. The predicted octanol–water partition coefficient (Wildman–Crippen LogP) is 4.00. The first-order valence-electron chi connectivity index (χ1n) is 5.96. The molecular weight excluding hydrogens is 232 g/mol. The van der Waals surface area contributed by atoms with Gasteiger partial charge in [0.05, 0.1) is 0 Å². The summed E-state index contributed by atoms with van der Waals surface area (Å²) in [5, 5.41) is 6.78. The van der Waals surface area contributed by atoms with E-state index in [0.717, 1.165) is 0 Å². The third-order valence-electron chi connectivity index (χ3n) is 1.76. The Bertz CT molecular complexity index is 442. The number of nitrogens with one attached hydrogen (secondary N) is 1. The van der Waals surface area contributed by atoms with E-state index in [1.165, 1.54) is 12.4 Å². The van der Waals surface area contributed by atoms with Gasteiger partial charge < -0.3 is 11.1 Å². The molecule has 2 heteroatoms. The van der Waals surface area contributed by atoms with Crippen LogP contribution >= 0.6 is 0 Å². The molecule has 0 bridgehead atoms. The lowest BCUT2D eigenvalue weighted by Crippen LogP contribution is -1.71. The minimum Gasteiger partial charge on any atom is -0.405 e. The van der Waals surface area contributed by atoms with E-state index in [0.29, 0.717) is 0 Å². The zero-order chi connectivity index (χ0) is 14.0. The maximum atomic E-state index is 6.78. The lowest BCUT2D eigenvalue weighted by atomic mass is 10.3. The molecule has 0 saturated heterocycles. The van der Waals surface area contributed by atoms with Crippen LogP contribution in [0, 0.1) is 5.41 Å². The molecule has 0 heterocycles. The van der Waals surface area contributed by atoms with Crippen LogP contribution in [0.2, 0.25) is 0 Å². The largest absolute Gasteiger partial charge is 0.405 e. The Labute approximate surface area is 115 Å². The Morgan fingerprint density at radius 3 is 0.947 bits per heavy atom. The van der Waals surface area contributed by atoms with Gasteiger partial charge in [-0.15, -0.1) is 0 Å². The first-order chi connectivity index (χ1) is 9.41. The van der Waals surface area contributed by atoms with Gasteiger partial charge in [0.1, 0.15) is 0 Å². The molecule has 0 aliphatic carbocycles.